The fourth-order valence-electron chi connectivity index (χ4n) is 2.55. The summed E-state index contributed by atoms with van der Waals surface area (Å²) in [5.74, 6) is -0.215. The second kappa shape index (κ2) is 5.46. The minimum atomic E-state index is -3.76. The maximum Gasteiger partial charge on any atom is 0.261 e. The molecule has 0 radical (unpaired) electrons. The molecule has 1 heterocycles. The van der Waals surface area contributed by atoms with E-state index in [0.29, 0.717) is 16.3 Å². The lowest BCUT2D eigenvalue weighted by Crippen LogP contribution is -2.41. The topological polar surface area (TPSA) is 89.3 Å². The molecular weight excluding hydrogens is 296 g/mol. The summed E-state index contributed by atoms with van der Waals surface area (Å²) in [6.45, 7) is 4.45. The minimum Gasteiger partial charge on any atom is -0.351 e. The number of amides is 1. The molecule has 20 heavy (non-hydrogen) atoms. The van der Waals surface area contributed by atoms with Gasteiger partial charge in [0, 0.05) is 11.4 Å². The first-order valence-electron chi connectivity index (χ1n) is 6.69. The molecule has 1 saturated carbocycles. The fourth-order valence-corrected chi connectivity index (χ4v) is 4.61. The molecule has 112 valence electrons. The molecule has 1 aliphatic carbocycles. The Morgan fingerprint density at radius 1 is 1.50 bits per heavy atom. The first-order valence-corrected chi connectivity index (χ1v) is 9.05. The van der Waals surface area contributed by atoms with Gasteiger partial charge in [0.05, 0.1) is 9.77 Å². The lowest BCUT2D eigenvalue weighted by atomic mass is 9.67. The number of thiophene rings is 1. The molecular formula is C13H20N2O3S2. The highest BCUT2D eigenvalue weighted by Gasteiger charge is 2.35. The molecule has 0 aromatic carbocycles. The van der Waals surface area contributed by atoms with Gasteiger partial charge in [0.15, 0.2) is 0 Å². The van der Waals surface area contributed by atoms with E-state index in [4.69, 9.17) is 5.14 Å². The van der Waals surface area contributed by atoms with Crippen LogP contribution in [-0.4, -0.2) is 20.9 Å². The van der Waals surface area contributed by atoms with Crippen molar-refractivity contribution < 1.29 is 13.2 Å². The van der Waals surface area contributed by atoms with Gasteiger partial charge < -0.3 is 5.32 Å². The largest absolute Gasteiger partial charge is 0.351 e. The highest BCUT2D eigenvalue weighted by Crippen LogP contribution is 2.43. The lowest BCUT2D eigenvalue weighted by molar-refractivity contribution is 0.0853. The van der Waals surface area contributed by atoms with E-state index in [9.17, 15) is 13.2 Å². The molecule has 2 rings (SSSR count). The van der Waals surface area contributed by atoms with Crippen LogP contribution in [0.3, 0.4) is 0 Å². The summed E-state index contributed by atoms with van der Waals surface area (Å²) in [5.41, 5.74) is 0.241. The van der Waals surface area contributed by atoms with E-state index in [1.807, 2.05) is 0 Å². The summed E-state index contributed by atoms with van der Waals surface area (Å²) in [6, 6.07) is 1.37. The van der Waals surface area contributed by atoms with Gasteiger partial charge in [0.2, 0.25) is 10.0 Å². The second-order valence-corrected chi connectivity index (χ2v) is 8.25. The Labute approximate surface area is 123 Å². The number of sulfonamides is 1. The predicted molar refractivity (Wildman–Crippen MR) is 79.3 cm³/mol. The van der Waals surface area contributed by atoms with E-state index in [1.165, 1.54) is 12.5 Å². The minimum absolute atomic E-state index is 0.0431. The number of rotatable bonds is 5. The molecule has 0 spiro atoms. The number of carbonyl (C=O) groups is 1. The zero-order valence-electron chi connectivity index (χ0n) is 11.7. The number of carbonyl (C=O) groups excluding carboxylic acids is 1. The molecule has 0 saturated heterocycles. The van der Waals surface area contributed by atoms with Gasteiger partial charge >= 0.3 is 0 Å². The molecule has 3 N–H and O–H groups in total. The first-order chi connectivity index (χ1) is 9.27. The number of hydrogen-bond acceptors (Lipinski definition) is 4. The average Bonchev–Trinajstić information content (AvgIpc) is 2.70. The lowest BCUT2D eigenvalue weighted by Gasteiger charge is -2.41. The standard InChI is InChI=1S/C13H20N2O3S2/c1-3-13(5-4-6-13)8-15-12(16)10-7-11(9(2)19-10)20(14,17)18/h7H,3-6,8H2,1-2H3,(H,15,16)(H2,14,17,18). The first kappa shape index (κ1) is 15.5. The van der Waals surface area contributed by atoms with Gasteiger partial charge in [-0.15, -0.1) is 11.3 Å². The van der Waals surface area contributed by atoms with Gasteiger partial charge in [-0.2, -0.15) is 0 Å². The van der Waals surface area contributed by atoms with E-state index in [0.717, 1.165) is 30.6 Å². The number of nitrogens with two attached hydrogens (primary N) is 1. The second-order valence-electron chi connectivity index (χ2n) is 5.47. The van der Waals surface area contributed by atoms with Gasteiger partial charge in [-0.1, -0.05) is 13.3 Å². The van der Waals surface area contributed by atoms with Crippen molar-refractivity contribution in [3.05, 3.63) is 15.8 Å². The van der Waals surface area contributed by atoms with Crippen molar-refractivity contribution in [3.8, 4) is 0 Å². The van der Waals surface area contributed by atoms with E-state index in [-0.39, 0.29) is 16.2 Å². The Morgan fingerprint density at radius 3 is 2.55 bits per heavy atom. The van der Waals surface area contributed by atoms with Crippen molar-refractivity contribution in [1.29, 1.82) is 0 Å². The van der Waals surface area contributed by atoms with Crippen molar-refractivity contribution in [2.45, 2.75) is 44.4 Å². The normalized spacial score (nSPS) is 17.6. The van der Waals surface area contributed by atoms with Crippen molar-refractivity contribution >= 4 is 27.3 Å². The quantitative estimate of drug-likeness (QED) is 0.871. The zero-order valence-corrected chi connectivity index (χ0v) is 13.4. The molecule has 0 bridgehead atoms. The van der Waals surface area contributed by atoms with Crippen molar-refractivity contribution in [3.63, 3.8) is 0 Å². The molecule has 0 aliphatic heterocycles. The van der Waals surface area contributed by atoms with E-state index >= 15 is 0 Å². The van der Waals surface area contributed by atoms with Gasteiger partial charge in [-0.25, -0.2) is 13.6 Å². The highest BCUT2D eigenvalue weighted by molar-refractivity contribution is 7.89. The molecule has 1 aromatic heterocycles. The summed E-state index contributed by atoms with van der Waals surface area (Å²) in [6.07, 6.45) is 4.57. The van der Waals surface area contributed by atoms with Crippen LogP contribution in [0, 0.1) is 12.3 Å². The van der Waals surface area contributed by atoms with Crippen molar-refractivity contribution in [2.75, 3.05) is 6.54 Å². The van der Waals surface area contributed by atoms with E-state index in [2.05, 4.69) is 12.2 Å². The smallest absolute Gasteiger partial charge is 0.261 e. The summed E-state index contributed by atoms with van der Waals surface area (Å²) in [5, 5.41) is 8.03. The number of nitrogens with one attached hydrogen (secondary N) is 1. The highest BCUT2D eigenvalue weighted by atomic mass is 32.2. The Bertz CT molecular complexity index is 610. The van der Waals surface area contributed by atoms with Crippen LogP contribution in [0.15, 0.2) is 11.0 Å². The molecule has 7 heteroatoms. The maximum absolute atomic E-state index is 12.1. The number of primary sulfonamides is 1. The molecule has 0 unspecified atom stereocenters. The molecule has 1 fully saturated rings. The molecule has 0 atom stereocenters. The Kier molecular flexibility index (Phi) is 4.22. The van der Waals surface area contributed by atoms with Gasteiger partial charge in [0.1, 0.15) is 0 Å². The van der Waals surface area contributed by atoms with Crippen molar-refractivity contribution in [1.82, 2.24) is 5.32 Å². The van der Waals surface area contributed by atoms with Gasteiger partial charge in [0.25, 0.3) is 5.91 Å². The van der Waals surface area contributed by atoms with Crippen LogP contribution in [0.1, 0.15) is 47.2 Å². The molecule has 5 nitrogen and oxygen atoms in total. The molecule has 1 aliphatic rings. The van der Waals surface area contributed by atoms with Gasteiger partial charge in [-0.3, -0.25) is 4.79 Å². The Morgan fingerprint density at radius 2 is 2.15 bits per heavy atom. The third-order valence-corrected chi connectivity index (χ3v) is 6.41. The van der Waals surface area contributed by atoms with E-state index in [1.54, 1.807) is 6.92 Å². The third-order valence-electron chi connectivity index (χ3n) is 4.19. The zero-order chi connectivity index (χ0) is 15.0. The molecule has 1 amide bonds. The van der Waals surface area contributed by atoms with Crippen LogP contribution in [0.25, 0.3) is 0 Å². The molecule has 1 aromatic rings. The maximum atomic E-state index is 12.1. The van der Waals surface area contributed by atoms with Crippen LogP contribution >= 0.6 is 11.3 Å². The summed E-state index contributed by atoms with van der Waals surface area (Å²) in [4.78, 5) is 13.1. The third kappa shape index (κ3) is 3.05. The van der Waals surface area contributed by atoms with Crippen LogP contribution in [0.4, 0.5) is 0 Å². The van der Waals surface area contributed by atoms with Crippen LogP contribution in [0.2, 0.25) is 0 Å². The van der Waals surface area contributed by atoms with Gasteiger partial charge in [-0.05, 0) is 37.7 Å². The van der Waals surface area contributed by atoms with Crippen molar-refractivity contribution in [2.24, 2.45) is 10.6 Å². The summed E-state index contributed by atoms with van der Waals surface area (Å²) in [7, 11) is -3.76. The van der Waals surface area contributed by atoms with Crippen LogP contribution < -0.4 is 10.5 Å². The SMILES string of the molecule is CCC1(CNC(=O)c2cc(S(N)(=O)=O)c(C)s2)CCC1. The Balaban J connectivity index is 2.07. The monoisotopic (exact) mass is 316 g/mol. The summed E-state index contributed by atoms with van der Waals surface area (Å²) < 4.78 is 22.7. The summed E-state index contributed by atoms with van der Waals surface area (Å²) >= 11 is 1.16. The average molecular weight is 316 g/mol. The fraction of sp³-hybridized carbons (Fsp3) is 0.615. The van der Waals surface area contributed by atoms with E-state index < -0.39 is 10.0 Å². The van der Waals surface area contributed by atoms with Crippen LogP contribution in [0.5, 0.6) is 0 Å². The predicted octanol–water partition coefficient (Wildman–Crippen LogP) is 2.01. The Hall–Kier alpha value is -0.920. The number of hydrogen-bond donors (Lipinski definition) is 2. The number of aryl methyl sites for hydroxylation is 1. The van der Waals surface area contributed by atoms with Crippen LogP contribution in [-0.2, 0) is 10.0 Å².